The second kappa shape index (κ2) is 7.03. The van der Waals surface area contributed by atoms with E-state index in [1.165, 1.54) is 0 Å². The molecule has 3 aromatic rings. The molecule has 0 aromatic carbocycles. The van der Waals surface area contributed by atoms with Gasteiger partial charge in [-0.25, -0.2) is 4.98 Å². The molecule has 0 spiro atoms. The van der Waals surface area contributed by atoms with Crippen molar-refractivity contribution in [1.29, 1.82) is 0 Å². The number of hydrogen-bond acceptors (Lipinski definition) is 4. The van der Waals surface area contributed by atoms with Crippen molar-refractivity contribution in [3.63, 3.8) is 0 Å². The minimum Gasteiger partial charge on any atom is -0.478 e. The normalized spacial score (nSPS) is 16.3. The molecule has 0 fully saturated rings. The predicted octanol–water partition coefficient (Wildman–Crippen LogP) is 2.28. The molecule has 1 amide bonds. The Morgan fingerprint density at radius 2 is 2.15 bits per heavy atom. The smallest absolute Gasteiger partial charge is 0.272 e. The summed E-state index contributed by atoms with van der Waals surface area (Å²) in [5.74, 6) is 0.631. The van der Waals surface area contributed by atoms with Gasteiger partial charge in [-0.15, -0.1) is 0 Å². The van der Waals surface area contributed by atoms with E-state index in [2.05, 4.69) is 26.9 Å². The largest absolute Gasteiger partial charge is 0.478 e. The average molecular weight is 351 g/mol. The fraction of sp³-hybridized carbons (Fsp3) is 0.316. The zero-order valence-electron chi connectivity index (χ0n) is 14.7. The van der Waals surface area contributed by atoms with E-state index in [-0.39, 0.29) is 11.9 Å². The molecule has 1 aliphatic heterocycles. The van der Waals surface area contributed by atoms with Crippen molar-refractivity contribution >= 4 is 5.91 Å². The third kappa shape index (κ3) is 3.20. The van der Waals surface area contributed by atoms with Crippen LogP contribution in [-0.2, 0) is 13.6 Å². The van der Waals surface area contributed by atoms with Crippen LogP contribution in [0.25, 0.3) is 0 Å². The van der Waals surface area contributed by atoms with E-state index in [1.54, 1.807) is 30.2 Å². The van der Waals surface area contributed by atoms with Crippen molar-refractivity contribution in [2.75, 3.05) is 13.2 Å². The maximum atomic E-state index is 12.9. The summed E-state index contributed by atoms with van der Waals surface area (Å²) in [6, 6.07) is 11.6. The quantitative estimate of drug-likeness (QED) is 0.707. The molecule has 1 aliphatic rings. The van der Waals surface area contributed by atoms with Crippen LogP contribution in [0, 0.1) is 0 Å². The van der Waals surface area contributed by atoms with Crippen molar-refractivity contribution < 1.29 is 9.53 Å². The topological polar surface area (TPSA) is 65.2 Å². The number of nitrogens with zero attached hydrogens (tertiary/aromatic N) is 5. The van der Waals surface area contributed by atoms with E-state index in [9.17, 15) is 4.79 Å². The Kier molecular flexibility index (Phi) is 4.43. The predicted molar refractivity (Wildman–Crippen MR) is 95.8 cm³/mol. The van der Waals surface area contributed by atoms with E-state index >= 15 is 0 Å². The van der Waals surface area contributed by atoms with Crippen molar-refractivity contribution in [3.8, 4) is 5.88 Å². The molecular weight excluding hydrogens is 330 g/mol. The molecule has 1 atom stereocenters. The maximum absolute atomic E-state index is 12.9. The first kappa shape index (κ1) is 16.4. The van der Waals surface area contributed by atoms with Gasteiger partial charge in [-0.1, -0.05) is 6.07 Å². The molecule has 4 heterocycles. The van der Waals surface area contributed by atoms with Crippen LogP contribution >= 0.6 is 0 Å². The molecule has 7 heteroatoms. The Balaban J connectivity index is 1.46. The summed E-state index contributed by atoms with van der Waals surface area (Å²) in [6.07, 6.45) is 6.24. The number of ether oxygens (including phenoxy) is 1. The minimum absolute atomic E-state index is 0.00749. The monoisotopic (exact) mass is 351 g/mol. The molecule has 0 saturated heterocycles. The number of rotatable bonds is 5. The molecule has 4 rings (SSSR count). The van der Waals surface area contributed by atoms with E-state index < -0.39 is 0 Å². The molecule has 3 aromatic heterocycles. The highest BCUT2D eigenvalue weighted by molar-refractivity contribution is 5.92. The van der Waals surface area contributed by atoms with Gasteiger partial charge in [0.05, 0.1) is 19.2 Å². The lowest BCUT2D eigenvalue weighted by Gasteiger charge is -2.35. The van der Waals surface area contributed by atoms with Gasteiger partial charge < -0.3 is 14.2 Å². The van der Waals surface area contributed by atoms with Gasteiger partial charge in [0.1, 0.15) is 5.69 Å². The Bertz CT molecular complexity index is 886. The molecule has 7 nitrogen and oxygen atoms in total. The van der Waals surface area contributed by atoms with Gasteiger partial charge >= 0.3 is 0 Å². The Hall–Kier alpha value is -3.09. The van der Waals surface area contributed by atoms with Crippen LogP contribution in [0.2, 0.25) is 0 Å². The van der Waals surface area contributed by atoms with Gasteiger partial charge in [0.2, 0.25) is 5.88 Å². The van der Waals surface area contributed by atoms with Crippen molar-refractivity contribution in [1.82, 2.24) is 24.2 Å². The molecule has 0 unspecified atom stereocenters. The number of pyridine rings is 1. The zero-order valence-corrected chi connectivity index (χ0v) is 14.7. The van der Waals surface area contributed by atoms with Gasteiger partial charge in [-0.2, -0.15) is 5.10 Å². The lowest BCUT2D eigenvalue weighted by atomic mass is 10.1. The summed E-state index contributed by atoms with van der Waals surface area (Å²) in [5.41, 5.74) is 1.74. The third-order valence-electron chi connectivity index (χ3n) is 4.71. The number of amides is 1. The highest BCUT2D eigenvalue weighted by atomic mass is 16.5. The Morgan fingerprint density at radius 3 is 2.92 bits per heavy atom. The number of carbonyl (C=O) groups is 1. The van der Waals surface area contributed by atoms with Gasteiger partial charge in [0, 0.05) is 50.4 Å². The van der Waals surface area contributed by atoms with Gasteiger partial charge in [-0.3, -0.25) is 9.48 Å². The molecular formula is C19H21N5O2. The fourth-order valence-corrected chi connectivity index (χ4v) is 3.38. The highest BCUT2D eigenvalue weighted by Gasteiger charge is 2.29. The van der Waals surface area contributed by atoms with Crippen LogP contribution in [0.15, 0.2) is 55.0 Å². The summed E-state index contributed by atoms with van der Waals surface area (Å²) in [6.45, 7) is 1.80. The second-order valence-corrected chi connectivity index (χ2v) is 6.39. The number of hydrogen-bond donors (Lipinski definition) is 0. The van der Waals surface area contributed by atoms with Crippen molar-refractivity contribution in [2.45, 2.75) is 19.0 Å². The molecule has 0 aliphatic carbocycles. The molecule has 0 saturated carbocycles. The minimum atomic E-state index is 0.00749. The molecule has 0 bridgehead atoms. The van der Waals surface area contributed by atoms with E-state index in [0.29, 0.717) is 31.3 Å². The first-order chi connectivity index (χ1) is 12.7. The van der Waals surface area contributed by atoms with E-state index in [4.69, 9.17) is 4.74 Å². The van der Waals surface area contributed by atoms with Gasteiger partial charge in [-0.05, 0) is 24.3 Å². The van der Waals surface area contributed by atoms with Crippen LogP contribution in [0.5, 0.6) is 5.88 Å². The number of aryl methyl sites for hydroxylation is 1. The third-order valence-corrected chi connectivity index (χ3v) is 4.71. The fourth-order valence-electron chi connectivity index (χ4n) is 3.38. The Morgan fingerprint density at radius 1 is 1.23 bits per heavy atom. The molecule has 0 N–H and O–H groups in total. The van der Waals surface area contributed by atoms with Gasteiger partial charge in [0.15, 0.2) is 0 Å². The summed E-state index contributed by atoms with van der Waals surface area (Å²) in [7, 11) is 1.79. The van der Waals surface area contributed by atoms with Crippen LogP contribution in [0.3, 0.4) is 0 Å². The highest BCUT2D eigenvalue weighted by Crippen LogP contribution is 2.25. The van der Waals surface area contributed by atoms with Crippen LogP contribution < -0.4 is 4.74 Å². The summed E-state index contributed by atoms with van der Waals surface area (Å²) >= 11 is 0. The molecule has 26 heavy (non-hydrogen) atoms. The number of fused-ring (bicyclic) bond motifs is 1. The van der Waals surface area contributed by atoms with Gasteiger partial charge in [0.25, 0.3) is 5.91 Å². The van der Waals surface area contributed by atoms with E-state index in [1.807, 2.05) is 29.2 Å². The van der Waals surface area contributed by atoms with Crippen LogP contribution in [0.1, 0.15) is 28.6 Å². The van der Waals surface area contributed by atoms with Crippen molar-refractivity contribution in [3.05, 3.63) is 66.4 Å². The Labute approximate surface area is 151 Å². The molecule has 0 radical (unpaired) electrons. The SMILES string of the molecule is Cn1nccc1C(=O)N1Cc2cccn2[C@H](CCOc2ccccn2)C1. The van der Waals surface area contributed by atoms with E-state index in [0.717, 1.165) is 12.1 Å². The summed E-state index contributed by atoms with van der Waals surface area (Å²) < 4.78 is 9.61. The summed E-state index contributed by atoms with van der Waals surface area (Å²) in [5, 5.41) is 4.11. The maximum Gasteiger partial charge on any atom is 0.272 e. The standard InChI is InChI=1S/C19H21N5O2/c1-22-17(7-10-21-22)19(25)23-13-15-5-4-11-24(15)16(14-23)8-12-26-18-6-2-3-9-20-18/h2-7,9-11,16H,8,12-14H2,1H3/t16-/m1/s1. The summed E-state index contributed by atoms with van der Waals surface area (Å²) in [4.78, 5) is 18.9. The first-order valence-corrected chi connectivity index (χ1v) is 8.69. The number of carbonyl (C=O) groups excluding carboxylic acids is 1. The number of aromatic nitrogens is 4. The second-order valence-electron chi connectivity index (χ2n) is 6.39. The molecule has 134 valence electrons. The van der Waals surface area contributed by atoms with Crippen LogP contribution in [0.4, 0.5) is 0 Å². The lowest BCUT2D eigenvalue weighted by molar-refractivity contribution is 0.0654. The van der Waals surface area contributed by atoms with Crippen LogP contribution in [-0.4, -0.2) is 43.3 Å². The zero-order chi connectivity index (χ0) is 17.9. The van der Waals surface area contributed by atoms with Crippen molar-refractivity contribution in [2.24, 2.45) is 7.05 Å². The average Bonchev–Trinajstić information content (AvgIpc) is 3.30. The first-order valence-electron chi connectivity index (χ1n) is 8.69. The lowest BCUT2D eigenvalue weighted by Crippen LogP contribution is -2.41.